The molecule has 2 heteroatoms. The Morgan fingerprint density at radius 3 is 2.00 bits per heavy atom. The Balaban J connectivity index is 0.00000242. The molecular formula is C17H22ClN. The third kappa shape index (κ3) is 5.06. The number of halogens is 1. The molecule has 0 fully saturated rings. The maximum absolute atomic E-state index is 7.79. The molecule has 102 valence electrons. The highest BCUT2D eigenvalue weighted by atomic mass is 35.5. The van der Waals surface area contributed by atoms with Crippen molar-refractivity contribution in [2.45, 2.75) is 25.9 Å². The van der Waals surface area contributed by atoms with Crippen molar-refractivity contribution in [1.82, 2.24) is 4.90 Å². The highest BCUT2D eigenvalue weighted by Crippen LogP contribution is 2.10. The van der Waals surface area contributed by atoms with Gasteiger partial charge in [0.1, 0.15) is 0 Å². The monoisotopic (exact) mass is 278 g/mol. The molecule has 0 N–H and O–H groups in total. The van der Waals surface area contributed by atoms with E-state index in [4.69, 9.17) is 4.11 Å². The Labute approximate surface area is 126 Å². The van der Waals surface area contributed by atoms with Crippen LogP contribution in [0.4, 0.5) is 0 Å². The fourth-order valence-electron chi connectivity index (χ4n) is 2.00. The minimum Gasteiger partial charge on any atom is -0.299 e. The zero-order chi connectivity index (χ0) is 15.3. The first-order chi connectivity index (χ1) is 9.97. The molecule has 0 aliphatic rings. The van der Waals surface area contributed by atoms with Crippen molar-refractivity contribution in [1.29, 1.82) is 0 Å². The van der Waals surface area contributed by atoms with E-state index in [9.17, 15) is 0 Å². The molecule has 0 aromatic heterocycles. The lowest BCUT2D eigenvalue weighted by atomic mass is 10.1. The number of hydrogen-bond donors (Lipinski definition) is 0. The average Bonchev–Trinajstić information content (AvgIpc) is 2.45. The van der Waals surface area contributed by atoms with Crippen LogP contribution in [0.3, 0.4) is 0 Å². The van der Waals surface area contributed by atoms with Gasteiger partial charge in [-0.05, 0) is 31.4 Å². The van der Waals surface area contributed by atoms with Crippen LogP contribution in [0, 0.1) is 0 Å². The maximum atomic E-state index is 7.79. The lowest BCUT2D eigenvalue weighted by Gasteiger charge is -2.24. The van der Waals surface area contributed by atoms with Gasteiger partial charge < -0.3 is 0 Å². The first-order valence-electron chi connectivity index (χ1n) is 7.81. The number of benzene rings is 2. The molecule has 0 spiro atoms. The van der Waals surface area contributed by atoms with Crippen LogP contribution >= 0.6 is 12.4 Å². The zero-order valence-corrected chi connectivity index (χ0v) is 11.9. The molecule has 0 aliphatic carbocycles. The zero-order valence-electron chi connectivity index (χ0n) is 14.1. The van der Waals surface area contributed by atoms with Gasteiger partial charge in [0.25, 0.3) is 0 Å². The van der Waals surface area contributed by atoms with Crippen molar-refractivity contribution in [2.24, 2.45) is 0 Å². The van der Waals surface area contributed by atoms with Crippen molar-refractivity contribution < 1.29 is 4.11 Å². The van der Waals surface area contributed by atoms with E-state index in [1.807, 2.05) is 67.6 Å². The molecule has 0 heterocycles. The molecule has 0 aliphatic heterocycles. The largest absolute Gasteiger partial charge is 0.299 e. The third-order valence-electron chi connectivity index (χ3n) is 3.10. The lowest BCUT2D eigenvalue weighted by Crippen LogP contribution is -2.30. The first kappa shape index (κ1) is 11.5. The SMILES string of the molecule is Cl.[2H]C([2H])([2H])N(Cc1ccccc1)[C@H](C)Cc1ccccc1. The Morgan fingerprint density at radius 1 is 0.947 bits per heavy atom. The van der Waals surface area contributed by atoms with Crippen LogP contribution in [0.15, 0.2) is 60.7 Å². The van der Waals surface area contributed by atoms with Gasteiger partial charge in [0, 0.05) is 16.7 Å². The van der Waals surface area contributed by atoms with Gasteiger partial charge in [0.15, 0.2) is 0 Å². The van der Waals surface area contributed by atoms with E-state index >= 15 is 0 Å². The quantitative estimate of drug-likeness (QED) is 0.793. The Bertz CT molecular complexity index is 543. The molecule has 2 aromatic rings. The molecule has 1 atom stereocenters. The van der Waals surface area contributed by atoms with Crippen molar-refractivity contribution in [3.63, 3.8) is 0 Å². The second-order valence-corrected chi connectivity index (χ2v) is 4.65. The second kappa shape index (κ2) is 7.98. The van der Waals surface area contributed by atoms with Gasteiger partial charge in [-0.15, -0.1) is 12.4 Å². The standard InChI is InChI=1S/C17H21N.ClH/c1-15(13-16-9-5-3-6-10-16)18(2)14-17-11-7-4-8-12-17;/h3-12,15H,13-14H2,1-2H3;1H/t15-;/m1./s1/i2D3;. The summed E-state index contributed by atoms with van der Waals surface area (Å²) in [4.78, 5) is 1.59. The van der Waals surface area contributed by atoms with Gasteiger partial charge in [-0.3, -0.25) is 4.90 Å². The maximum Gasteiger partial charge on any atom is 0.0394 e. The van der Waals surface area contributed by atoms with Gasteiger partial charge >= 0.3 is 0 Å². The topological polar surface area (TPSA) is 3.24 Å². The minimum atomic E-state index is -2.09. The van der Waals surface area contributed by atoms with E-state index in [-0.39, 0.29) is 18.4 Å². The fourth-order valence-corrected chi connectivity index (χ4v) is 2.00. The van der Waals surface area contributed by atoms with E-state index < -0.39 is 6.98 Å². The molecule has 19 heavy (non-hydrogen) atoms. The van der Waals surface area contributed by atoms with Crippen LogP contribution in [0.5, 0.6) is 0 Å². The lowest BCUT2D eigenvalue weighted by molar-refractivity contribution is 0.248. The van der Waals surface area contributed by atoms with Crippen LogP contribution in [-0.2, 0) is 13.0 Å². The normalized spacial score (nSPS) is 14.9. The number of likely N-dealkylation sites (N-methyl/N-ethyl adjacent to an activating group) is 1. The molecule has 0 bridgehead atoms. The average molecular weight is 279 g/mol. The molecule has 1 nitrogen and oxygen atoms in total. The Hall–Kier alpha value is -1.31. The first-order valence-corrected chi connectivity index (χ1v) is 6.31. The number of rotatable bonds is 5. The van der Waals surface area contributed by atoms with E-state index in [0.717, 1.165) is 17.5 Å². The summed E-state index contributed by atoms with van der Waals surface area (Å²) in [5, 5.41) is 0. The Morgan fingerprint density at radius 2 is 1.47 bits per heavy atom. The molecular weight excluding hydrogens is 254 g/mol. The van der Waals surface area contributed by atoms with Crippen LogP contribution < -0.4 is 0 Å². The van der Waals surface area contributed by atoms with E-state index in [1.165, 1.54) is 0 Å². The summed E-state index contributed by atoms with van der Waals surface area (Å²) in [7, 11) is 0. The summed E-state index contributed by atoms with van der Waals surface area (Å²) in [6.07, 6.45) is 0.728. The predicted octanol–water partition coefficient (Wildman–Crippen LogP) is 4.17. The number of hydrogen-bond acceptors (Lipinski definition) is 1. The van der Waals surface area contributed by atoms with Crippen LogP contribution in [0.2, 0.25) is 0 Å². The Kier molecular flexibility index (Phi) is 4.84. The summed E-state index contributed by atoms with van der Waals surface area (Å²) >= 11 is 0. The predicted molar refractivity (Wildman–Crippen MR) is 84.8 cm³/mol. The summed E-state index contributed by atoms with van der Waals surface area (Å²) < 4.78 is 23.4. The van der Waals surface area contributed by atoms with E-state index in [2.05, 4.69) is 0 Å². The van der Waals surface area contributed by atoms with E-state index in [0.29, 0.717) is 6.54 Å². The van der Waals surface area contributed by atoms with Gasteiger partial charge in [-0.2, -0.15) is 0 Å². The highest BCUT2D eigenvalue weighted by molar-refractivity contribution is 5.85. The van der Waals surface area contributed by atoms with E-state index in [1.54, 1.807) is 4.90 Å². The molecule has 0 saturated carbocycles. The van der Waals surface area contributed by atoms with Crippen molar-refractivity contribution in [3.8, 4) is 0 Å². The third-order valence-corrected chi connectivity index (χ3v) is 3.10. The molecule has 0 radical (unpaired) electrons. The minimum absolute atomic E-state index is 0. The molecule has 2 rings (SSSR count). The summed E-state index contributed by atoms with van der Waals surface area (Å²) in [6, 6.07) is 19.7. The highest BCUT2D eigenvalue weighted by Gasteiger charge is 2.09. The van der Waals surface area contributed by atoms with Gasteiger partial charge in [-0.1, -0.05) is 60.7 Å². The van der Waals surface area contributed by atoms with Crippen molar-refractivity contribution in [3.05, 3.63) is 71.8 Å². The van der Waals surface area contributed by atoms with Gasteiger partial charge in [0.2, 0.25) is 0 Å². The molecule has 0 amide bonds. The van der Waals surface area contributed by atoms with Gasteiger partial charge in [0.05, 0.1) is 0 Å². The van der Waals surface area contributed by atoms with Crippen LogP contribution in [0.1, 0.15) is 22.2 Å². The summed E-state index contributed by atoms with van der Waals surface area (Å²) in [6.45, 7) is 0.317. The fraction of sp³-hybridized carbons (Fsp3) is 0.294. The molecule has 2 aromatic carbocycles. The smallest absolute Gasteiger partial charge is 0.0394 e. The molecule has 0 saturated heterocycles. The van der Waals surface area contributed by atoms with Crippen LogP contribution in [0.25, 0.3) is 0 Å². The van der Waals surface area contributed by atoms with Crippen LogP contribution in [-0.4, -0.2) is 17.9 Å². The van der Waals surface area contributed by atoms with Crippen molar-refractivity contribution in [2.75, 3.05) is 6.98 Å². The van der Waals surface area contributed by atoms with Crippen molar-refractivity contribution >= 4 is 12.4 Å². The second-order valence-electron chi connectivity index (χ2n) is 4.65. The molecule has 0 unspecified atom stereocenters. The summed E-state index contributed by atoms with van der Waals surface area (Å²) in [5.74, 6) is 0. The van der Waals surface area contributed by atoms with Gasteiger partial charge in [-0.25, -0.2) is 0 Å². The number of nitrogens with zero attached hydrogens (tertiary/aromatic N) is 1. The summed E-state index contributed by atoms with van der Waals surface area (Å²) in [5.41, 5.74) is 2.18.